The van der Waals surface area contributed by atoms with E-state index < -0.39 is 12.7 Å². The van der Waals surface area contributed by atoms with Gasteiger partial charge in [-0.05, 0) is 61.0 Å². The Bertz CT molecular complexity index is 988. The highest BCUT2D eigenvalue weighted by Gasteiger charge is 2.21. The fraction of sp³-hybridized carbons (Fsp3) is 0.278. The predicted molar refractivity (Wildman–Crippen MR) is 107 cm³/mol. The Labute approximate surface area is 172 Å². The lowest BCUT2D eigenvalue weighted by Crippen LogP contribution is -2.25. The molecule has 0 fully saturated rings. The number of halogens is 3. The molecule has 0 saturated heterocycles. The zero-order valence-corrected chi connectivity index (χ0v) is 17.6. The normalized spacial score (nSPS) is 12.2. The minimum Gasteiger partial charge on any atom is -0.435 e. The molecule has 148 valence electrons. The third kappa shape index (κ3) is 4.39. The molecule has 3 rings (SSSR count). The molecule has 0 saturated carbocycles. The van der Waals surface area contributed by atoms with Gasteiger partial charge in [0.05, 0.1) is 21.6 Å². The van der Waals surface area contributed by atoms with Gasteiger partial charge in [-0.1, -0.05) is 0 Å². The van der Waals surface area contributed by atoms with Crippen molar-refractivity contribution >= 4 is 38.3 Å². The molecule has 1 unspecified atom stereocenters. The van der Waals surface area contributed by atoms with Crippen molar-refractivity contribution in [1.82, 2.24) is 14.8 Å². The largest absolute Gasteiger partial charge is 0.435 e. The van der Waals surface area contributed by atoms with Gasteiger partial charge >= 0.3 is 6.61 Å². The number of hydrogen-bond donors (Lipinski definition) is 1. The summed E-state index contributed by atoms with van der Waals surface area (Å²) in [5.74, 6) is -0.160. The Hall–Kier alpha value is -2.33. The molecule has 1 N–H and O–H groups in total. The monoisotopic (exact) mass is 470 g/mol. The Balaban J connectivity index is 1.70. The number of anilines is 1. The number of thiazole rings is 1. The van der Waals surface area contributed by atoms with Crippen LogP contribution in [0.2, 0.25) is 0 Å². The van der Waals surface area contributed by atoms with E-state index in [1.165, 1.54) is 23.5 Å². The van der Waals surface area contributed by atoms with Crippen molar-refractivity contribution in [2.24, 2.45) is 0 Å². The van der Waals surface area contributed by atoms with E-state index in [1.54, 1.807) is 29.1 Å². The first-order valence-corrected chi connectivity index (χ1v) is 9.96. The molecule has 0 aliphatic heterocycles. The molecule has 2 heterocycles. The lowest BCUT2D eigenvalue weighted by atomic mass is 10.2. The SMILES string of the molecule is Cc1nn(C(C)C(=O)Nc2nc(-c3ccc(OC(F)F)cc3)cs2)c(C)c1Br. The van der Waals surface area contributed by atoms with E-state index in [9.17, 15) is 13.6 Å². The van der Waals surface area contributed by atoms with Gasteiger partial charge in [0.15, 0.2) is 5.13 Å². The van der Waals surface area contributed by atoms with E-state index in [1.807, 2.05) is 13.8 Å². The summed E-state index contributed by atoms with van der Waals surface area (Å²) in [4.78, 5) is 17.0. The maximum Gasteiger partial charge on any atom is 0.387 e. The van der Waals surface area contributed by atoms with E-state index in [-0.39, 0.29) is 11.7 Å². The number of ether oxygens (including phenoxy) is 1. The molecule has 10 heteroatoms. The molecule has 0 spiro atoms. The van der Waals surface area contributed by atoms with Crippen molar-refractivity contribution in [3.05, 3.63) is 45.5 Å². The maximum absolute atomic E-state index is 12.6. The number of carbonyl (C=O) groups excluding carboxylic acids is 1. The van der Waals surface area contributed by atoms with E-state index in [0.29, 0.717) is 10.8 Å². The fourth-order valence-corrected chi connectivity index (χ4v) is 3.60. The lowest BCUT2D eigenvalue weighted by Gasteiger charge is -2.13. The van der Waals surface area contributed by atoms with Gasteiger partial charge < -0.3 is 10.1 Å². The first kappa shape index (κ1) is 20.4. The molecule has 6 nitrogen and oxygen atoms in total. The summed E-state index contributed by atoms with van der Waals surface area (Å²) in [6.07, 6.45) is 0. The summed E-state index contributed by atoms with van der Waals surface area (Å²) < 4.78 is 31.3. The van der Waals surface area contributed by atoms with E-state index >= 15 is 0 Å². The summed E-state index contributed by atoms with van der Waals surface area (Å²) >= 11 is 4.74. The van der Waals surface area contributed by atoms with Gasteiger partial charge in [0.1, 0.15) is 11.8 Å². The van der Waals surface area contributed by atoms with Crippen LogP contribution in [0.15, 0.2) is 34.1 Å². The number of rotatable bonds is 6. The van der Waals surface area contributed by atoms with Crippen LogP contribution in [0.1, 0.15) is 24.4 Å². The first-order chi connectivity index (χ1) is 13.3. The van der Waals surface area contributed by atoms with Gasteiger partial charge in [-0.25, -0.2) is 4.98 Å². The van der Waals surface area contributed by atoms with Gasteiger partial charge in [0.25, 0.3) is 5.91 Å². The number of nitrogens with one attached hydrogen (secondary N) is 1. The van der Waals surface area contributed by atoms with Crippen molar-refractivity contribution in [2.75, 3.05) is 5.32 Å². The Kier molecular flexibility index (Phi) is 6.09. The average Bonchev–Trinajstić information content (AvgIpc) is 3.21. The predicted octanol–water partition coefficient (Wildman–Crippen LogP) is 5.19. The number of amides is 1. The third-order valence-corrected chi connectivity index (χ3v) is 6.00. The lowest BCUT2D eigenvalue weighted by molar-refractivity contribution is -0.119. The minimum absolute atomic E-state index is 0.0763. The molecule has 3 aromatic rings. The second-order valence-corrected chi connectivity index (χ2v) is 7.69. The molecule has 0 bridgehead atoms. The third-order valence-electron chi connectivity index (χ3n) is 4.09. The molecular formula is C18H17BrF2N4O2S. The van der Waals surface area contributed by atoms with Crippen LogP contribution in [0, 0.1) is 13.8 Å². The van der Waals surface area contributed by atoms with Crippen molar-refractivity contribution in [3.8, 4) is 17.0 Å². The van der Waals surface area contributed by atoms with Gasteiger partial charge in [0.2, 0.25) is 0 Å². The second-order valence-electron chi connectivity index (χ2n) is 6.04. The standard InChI is InChI=1S/C18H17BrF2N4O2S/c1-9-15(19)10(2)25(24-9)11(3)16(26)23-18-22-14(8-28-18)12-4-6-13(7-5-12)27-17(20)21/h4-8,11,17H,1-3H3,(H,22,23,26). The number of aromatic nitrogens is 3. The molecule has 1 aromatic carbocycles. The highest BCUT2D eigenvalue weighted by Crippen LogP contribution is 2.28. The number of hydrogen-bond acceptors (Lipinski definition) is 5. The number of nitrogens with zero attached hydrogens (tertiary/aromatic N) is 3. The van der Waals surface area contributed by atoms with Gasteiger partial charge in [-0.15, -0.1) is 11.3 Å². The summed E-state index contributed by atoms with van der Waals surface area (Å²) in [5.41, 5.74) is 3.04. The van der Waals surface area contributed by atoms with Crippen molar-refractivity contribution in [1.29, 1.82) is 0 Å². The number of aryl methyl sites for hydroxylation is 1. The quantitative estimate of drug-likeness (QED) is 0.538. The molecule has 0 aliphatic carbocycles. The maximum atomic E-state index is 12.6. The molecule has 28 heavy (non-hydrogen) atoms. The molecular weight excluding hydrogens is 454 g/mol. The van der Waals surface area contributed by atoms with Crippen LogP contribution in [0.5, 0.6) is 5.75 Å². The number of alkyl halides is 2. The van der Waals surface area contributed by atoms with Crippen LogP contribution in [0.3, 0.4) is 0 Å². The van der Waals surface area contributed by atoms with Crippen LogP contribution >= 0.6 is 27.3 Å². The first-order valence-electron chi connectivity index (χ1n) is 8.29. The highest BCUT2D eigenvalue weighted by atomic mass is 79.9. The summed E-state index contributed by atoms with van der Waals surface area (Å²) in [7, 11) is 0. The molecule has 2 aromatic heterocycles. The fourth-order valence-electron chi connectivity index (χ4n) is 2.61. The highest BCUT2D eigenvalue weighted by molar-refractivity contribution is 9.10. The molecule has 1 amide bonds. The van der Waals surface area contributed by atoms with Crippen molar-refractivity contribution in [2.45, 2.75) is 33.4 Å². The van der Waals surface area contributed by atoms with Gasteiger partial charge in [0, 0.05) is 10.9 Å². The molecule has 0 aliphatic rings. The smallest absolute Gasteiger partial charge is 0.387 e. The van der Waals surface area contributed by atoms with Crippen molar-refractivity contribution < 1.29 is 18.3 Å². The summed E-state index contributed by atoms with van der Waals surface area (Å²) in [5, 5.41) is 9.40. The number of benzene rings is 1. The Morgan fingerprint density at radius 2 is 1.96 bits per heavy atom. The van der Waals surface area contributed by atoms with Crippen molar-refractivity contribution in [3.63, 3.8) is 0 Å². The summed E-state index contributed by atoms with van der Waals surface area (Å²) in [6, 6.07) is 5.65. The summed E-state index contributed by atoms with van der Waals surface area (Å²) in [6.45, 7) is 2.65. The minimum atomic E-state index is -2.86. The molecule has 1 atom stereocenters. The van der Waals surface area contributed by atoms with Gasteiger partial charge in [-0.3, -0.25) is 9.48 Å². The van der Waals surface area contributed by atoms with E-state index in [0.717, 1.165) is 21.4 Å². The zero-order chi connectivity index (χ0) is 20.4. The topological polar surface area (TPSA) is 69.0 Å². The Morgan fingerprint density at radius 3 is 2.54 bits per heavy atom. The second kappa shape index (κ2) is 8.36. The van der Waals surface area contributed by atoms with E-state index in [2.05, 4.69) is 36.1 Å². The zero-order valence-electron chi connectivity index (χ0n) is 15.2. The van der Waals surface area contributed by atoms with Crippen LogP contribution in [0.4, 0.5) is 13.9 Å². The van der Waals surface area contributed by atoms with E-state index in [4.69, 9.17) is 0 Å². The van der Waals surface area contributed by atoms with Gasteiger partial charge in [-0.2, -0.15) is 13.9 Å². The van der Waals surface area contributed by atoms with Crippen LogP contribution in [-0.4, -0.2) is 27.3 Å². The molecule has 0 radical (unpaired) electrons. The average molecular weight is 471 g/mol. The Morgan fingerprint density at radius 1 is 1.29 bits per heavy atom. The number of carbonyl (C=O) groups is 1. The van der Waals surface area contributed by atoms with Crippen LogP contribution in [-0.2, 0) is 4.79 Å². The van der Waals surface area contributed by atoms with Crippen LogP contribution < -0.4 is 10.1 Å². The van der Waals surface area contributed by atoms with Crippen LogP contribution in [0.25, 0.3) is 11.3 Å².